The molecule has 0 aliphatic rings. The molecule has 0 saturated heterocycles. The second-order valence-electron chi connectivity index (χ2n) is 4.27. The molecule has 5 heteroatoms. The summed E-state index contributed by atoms with van der Waals surface area (Å²) in [6, 6.07) is 5.70. The van der Waals surface area contributed by atoms with Gasteiger partial charge in [-0.2, -0.15) is 0 Å². The third kappa shape index (κ3) is 2.82. The first kappa shape index (κ1) is 14.5. The van der Waals surface area contributed by atoms with E-state index in [2.05, 4.69) is 9.83 Å². The molecule has 102 valence electrons. The minimum atomic E-state index is -0.277. The molecule has 0 saturated carbocycles. The van der Waals surface area contributed by atoms with Crippen LogP contribution < -0.4 is 0 Å². The van der Waals surface area contributed by atoms with Crippen LogP contribution in [0.15, 0.2) is 18.2 Å². The van der Waals surface area contributed by atoms with Crippen LogP contribution in [0.5, 0.6) is 0 Å². The number of aryl methyl sites for hydroxylation is 2. The quantitative estimate of drug-likeness (QED) is 0.492. The van der Waals surface area contributed by atoms with Crippen molar-refractivity contribution in [1.29, 1.82) is 0 Å². The van der Waals surface area contributed by atoms with E-state index in [9.17, 15) is 4.79 Å². The molecule has 0 fully saturated rings. The molecule has 2 rings (SSSR count). The van der Waals surface area contributed by atoms with Gasteiger partial charge in [-0.25, -0.2) is 0 Å². The molecule has 1 aromatic carbocycles. The van der Waals surface area contributed by atoms with Gasteiger partial charge in [0, 0.05) is 0 Å². The number of ether oxygens (including phenoxy) is 1. The molecule has 0 bridgehead atoms. The molecule has 1 heterocycles. The van der Waals surface area contributed by atoms with Gasteiger partial charge in [0.2, 0.25) is 0 Å². The predicted molar refractivity (Wildman–Crippen MR) is 78.3 cm³/mol. The zero-order valence-corrected chi connectivity index (χ0v) is 13.3. The summed E-state index contributed by atoms with van der Waals surface area (Å²) < 4.78 is 6.59. The van der Waals surface area contributed by atoms with Crippen molar-refractivity contribution in [1.82, 2.24) is 4.98 Å². The van der Waals surface area contributed by atoms with Gasteiger partial charge in [-0.1, -0.05) is 0 Å². The first-order valence-electron chi connectivity index (χ1n) is 6.19. The summed E-state index contributed by atoms with van der Waals surface area (Å²) in [5, 5.41) is 0. The number of aromatic nitrogens is 1. The fourth-order valence-electron chi connectivity index (χ4n) is 1.77. The minimum absolute atomic E-state index is 0.162. The molecule has 1 aromatic heterocycles. The van der Waals surface area contributed by atoms with Crippen molar-refractivity contribution in [3.8, 4) is 10.1 Å². The summed E-state index contributed by atoms with van der Waals surface area (Å²) in [6.45, 7) is 13.1. The number of nitrogens with zero attached hydrogens (tertiary/aromatic N) is 2. The Bertz CT molecular complexity index is 698. The van der Waals surface area contributed by atoms with Gasteiger partial charge in [-0.15, -0.1) is 0 Å². The van der Waals surface area contributed by atoms with E-state index < -0.39 is 0 Å². The van der Waals surface area contributed by atoms with Crippen LogP contribution >= 0.6 is 0 Å². The molecule has 0 aliphatic heterocycles. The Labute approximate surface area is 124 Å². The Kier molecular flexibility index (Phi) is 4.39. The molecule has 0 aliphatic carbocycles. The first-order valence-corrected chi connectivity index (χ1v) is 7.91. The Morgan fingerprint density at radius 2 is 2.20 bits per heavy atom. The van der Waals surface area contributed by atoms with Crippen LogP contribution in [0.2, 0.25) is 0 Å². The molecule has 0 N–H and O–H groups in total. The summed E-state index contributed by atoms with van der Waals surface area (Å²) >= 11 is -0.162. The van der Waals surface area contributed by atoms with Crippen LogP contribution in [0.1, 0.15) is 27.4 Å². The Hall–Kier alpha value is -1.89. The van der Waals surface area contributed by atoms with E-state index in [1.807, 2.05) is 32.0 Å². The van der Waals surface area contributed by atoms with E-state index in [1.54, 1.807) is 6.92 Å². The van der Waals surface area contributed by atoms with E-state index in [0.29, 0.717) is 16.7 Å². The third-order valence-corrected chi connectivity index (χ3v) is 5.32. The summed E-state index contributed by atoms with van der Waals surface area (Å²) in [4.78, 5) is 19.8. The second kappa shape index (κ2) is 6.04. The van der Waals surface area contributed by atoms with Crippen LogP contribution in [0.4, 0.5) is 5.69 Å². The molecule has 20 heavy (non-hydrogen) atoms. The fraction of sp³-hybridized carbons (Fsp3) is 0.267. The van der Waals surface area contributed by atoms with E-state index in [0.717, 1.165) is 21.4 Å². The maximum absolute atomic E-state index is 11.8. The molecule has 2 aromatic rings. The van der Waals surface area contributed by atoms with Crippen molar-refractivity contribution in [3.63, 3.8) is 0 Å². The molecule has 0 spiro atoms. The van der Waals surface area contributed by atoms with Gasteiger partial charge in [0.25, 0.3) is 0 Å². The summed E-state index contributed by atoms with van der Waals surface area (Å²) in [5.41, 5.74) is 3.22. The van der Waals surface area contributed by atoms with Crippen LogP contribution in [0, 0.1) is 20.4 Å². The monoisotopic (exact) mass is 334 g/mol. The summed E-state index contributed by atoms with van der Waals surface area (Å²) in [5.74, 6) is -0.277. The summed E-state index contributed by atoms with van der Waals surface area (Å²) in [7, 11) is 0. The molecular weight excluding hydrogens is 319 g/mol. The molecule has 0 atom stereocenters. The van der Waals surface area contributed by atoms with Gasteiger partial charge in [0.15, 0.2) is 0 Å². The standard InChI is InChI=1S/C15H14N2O2Se/c1-5-19-15(18)13-10(3)17-14(20-13)11-7-6-9(2)12(8-11)16-4/h6-8H,5H2,1-3H3. The van der Waals surface area contributed by atoms with Crippen molar-refractivity contribution >= 4 is 26.2 Å². The van der Waals surface area contributed by atoms with Crippen molar-refractivity contribution in [2.24, 2.45) is 0 Å². The van der Waals surface area contributed by atoms with E-state index >= 15 is 0 Å². The average molecular weight is 333 g/mol. The SMILES string of the molecule is [C-]#[N+]c1cc(-c2nc(C)c(C(=O)OCC)[se]2)ccc1C. The van der Waals surface area contributed by atoms with Crippen LogP contribution in [-0.4, -0.2) is 32.1 Å². The van der Waals surface area contributed by atoms with Gasteiger partial charge in [0.05, 0.1) is 0 Å². The summed E-state index contributed by atoms with van der Waals surface area (Å²) in [6.07, 6.45) is 0. The van der Waals surface area contributed by atoms with E-state index in [-0.39, 0.29) is 20.5 Å². The Balaban J connectivity index is 2.42. The number of carbonyl (C=O) groups is 1. The predicted octanol–water partition coefficient (Wildman–Crippen LogP) is 3.15. The van der Waals surface area contributed by atoms with Crippen molar-refractivity contribution in [3.05, 3.63) is 45.3 Å². The number of carbonyl (C=O) groups excluding carboxylic acids is 1. The van der Waals surface area contributed by atoms with Crippen molar-refractivity contribution in [2.75, 3.05) is 6.61 Å². The van der Waals surface area contributed by atoms with Gasteiger partial charge in [-0.3, -0.25) is 0 Å². The second-order valence-corrected chi connectivity index (χ2v) is 6.36. The molecular formula is C15H14N2O2Se. The molecule has 4 nitrogen and oxygen atoms in total. The number of esters is 1. The molecule has 0 unspecified atom stereocenters. The third-order valence-electron chi connectivity index (χ3n) is 2.83. The van der Waals surface area contributed by atoms with Crippen LogP contribution in [0.3, 0.4) is 0 Å². The van der Waals surface area contributed by atoms with Crippen molar-refractivity contribution in [2.45, 2.75) is 20.8 Å². The van der Waals surface area contributed by atoms with Gasteiger partial charge < -0.3 is 0 Å². The van der Waals surface area contributed by atoms with E-state index in [1.165, 1.54) is 0 Å². The number of hydrogen-bond acceptors (Lipinski definition) is 3. The van der Waals surface area contributed by atoms with Gasteiger partial charge in [-0.05, 0) is 0 Å². The van der Waals surface area contributed by atoms with Crippen LogP contribution in [0.25, 0.3) is 15.0 Å². The van der Waals surface area contributed by atoms with E-state index in [4.69, 9.17) is 11.3 Å². The first-order chi connectivity index (χ1) is 9.56. The van der Waals surface area contributed by atoms with Gasteiger partial charge in [0.1, 0.15) is 0 Å². The Morgan fingerprint density at radius 3 is 2.85 bits per heavy atom. The topological polar surface area (TPSA) is 43.5 Å². The average Bonchev–Trinajstić information content (AvgIpc) is 2.82. The fourth-order valence-corrected chi connectivity index (χ4v) is 3.78. The zero-order chi connectivity index (χ0) is 14.7. The zero-order valence-electron chi connectivity index (χ0n) is 11.6. The van der Waals surface area contributed by atoms with Gasteiger partial charge >= 0.3 is 123 Å². The van der Waals surface area contributed by atoms with Crippen LogP contribution in [-0.2, 0) is 4.74 Å². The number of hydrogen-bond donors (Lipinski definition) is 0. The van der Waals surface area contributed by atoms with Crippen molar-refractivity contribution < 1.29 is 9.53 Å². The molecule has 0 amide bonds. The number of benzene rings is 1. The maximum atomic E-state index is 11.8. The normalized spacial score (nSPS) is 10.1. The number of rotatable bonds is 3. The Morgan fingerprint density at radius 1 is 1.45 bits per heavy atom. The molecule has 0 radical (unpaired) electrons.